The first kappa shape index (κ1) is 17.4. The van der Waals surface area contributed by atoms with Gasteiger partial charge in [-0.2, -0.15) is 0 Å². The molecule has 4 amide bonds. The second-order valence-corrected chi connectivity index (χ2v) is 7.94. The largest absolute Gasteiger partial charge is 0.378 e. The lowest BCUT2D eigenvalue weighted by Crippen LogP contribution is -2.45. The summed E-state index contributed by atoms with van der Waals surface area (Å²) in [4.78, 5) is 41.0. The van der Waals surface area contributed by atoms with Crippen LogP contribution in [0.15, 0.2) is 36.4 Å². The van der Waals surface area contributed by atoms with Crippen LogP contribution in [-0.4, -0.2) is 49.0 Å². The predicted molar refractivity (Wildman–Crippen MR) is 101 cm³/mol. The number of hydrogen-bond donors (Lipinski definition) is 1. The highest BCUT2D eigenvalue weighted by atomic mass is 16.5. The maximum atomic E-state index is 12.9. The number of imide groups is 1. The molecule has 5 rings (SSSR count). The number of nitrogens with one attached hydrogen (secondary N) is 1. The summed E-state index contributed by atoms with van der Waals surface area (Å²) in [6.45, 7) is 2.74. The van der Waals surface area contributed by atoms with Crippen molar-refractivity contribution in [3.8, 4) is 0 Å². The van der Waals surface area contributed by atoms with E-state index in [0.717, 1.165) is 12.0 Å². The molecule has 7 nitrogen and oxygen atoms in total. The number of nitrogens with zero attached hydrogens (tertiary/aromatic N) is 2. The van der Waals surface area contributed by atoms with Crippen LogP contribution < -0.4 is 10.2 Å². The zero-order valence-electron chi connectivity index (χ0n) is 15.5. The lowest BCUT2D eigenvalue weighted by molar-refractivity contribution is -0.123. The molecule has 3 fully saturated rings. The summed E-state index contributed by atoms with van der Waals surface area (Å²) in [5, 5.41) is 2.90. The van der Waals surface area contributed by atoms with Crippen molar-refractivity contribution in [2.75, 3.05) is 31.2 Å². The number of morpholine rings is 1. The topological polar surface area (TPSA) is 79.0 Å². The highest BCUT2D eigenvalue weighted by molar-refractivity contribution is 6.22. The van der Waals surface area contributed by atoms with E-state index >= 15 is 0 Å². The molecule has 28 heavy (non-hydrogen) atoms. The molecule has 146 valence electrons. The average Bonchev–Trinajstić information content (AvgIpc) is 3.41. The van der Waals surface area contributed by atoms with Crippen molar-refractivity contribution in [2.24, 2.45) is 23.7 Å². The molecule has 2 saturated heterocycles. The van der Waals surface area contributed by atoms with Gasteiger partial charge in [0.25, 0.3) is 0 Å². The summed E-state index contributed by atoms with van der Waals surface area (Å²) in [6.07, 6.45) is 5.13. The van der Waals surface area contributed by atoms with Crippen molar-refractivity contribution in [1.29, 1.82) is 0 Å². The minimum Gasteiger partial charge on any atom is -0.378 e. The molecule has 0 spiro atoms. The van der Waals surface area contributed by atoms with Crippen LogP contribution in [0.5, 0.6) is 0 Å². The SMILES string of the molecule is O=C(NCc1ccc(N2C(=O)C3C4C=CC(C4)C3C2=O)cc1)N1CCOCC1. The molecular formula is C21H23N3O4. The summed E-state index contributed by atoms with van der Waals surface area (Å²) in [5.41, 5.74) is 1.54. The fourth-order valence-electron chi connectivity index (χ4n) is 4.98. The normalized spacial score (nSPS) is 30.9. The van der Waals surface area contributed by atoms with Gasteiger partial charge in [0.05, 0.1) is 30.7 Å². The van der Waals surface area contributed by atoms with E-state index in [-0.39, 0.29) is 41.5 Å². The van der Waals surface area contributed by atoms with Crippen LogP contribution in [0.1, 0.15) is 12.0 Å². The van der Waals surface area contributed by atoms with Crippen LogP contribution in [-0.2, 0) is 20.9 Å². The Morgan fingerprint density at radius 2 is 1.61 bits per heavy atom. The molecule has 1 saturated carbocycles. The summed E-state index contributed by atoms with van der Waals surface area (Å²) in [5.74, 6) is -0.0809. The van der Waals surface area contributed by atoms with E-state index in [1.165, 1.54) is 4.90 Å². The lowest BCUT2D eigenvalue weighted by atomic mass is 9.85. The molecule has 4 atom stereocenters. The van der Waals surface area contributed by atoms with Gasteiger partial charge in [-0.25, -0.2) is 4.79 Å². The number of fused-ring (bicyclic) bond motifs is 5. The van der Waals surface area contributed by atoms with Crippen molar-refractivity contribution < 1.29 is 19.1 Å². The number of anilines is 1. The molecule has 0 radical (unpaired) electrons. The fraction of sp³-hybridized carbons (Fsp3) is 0.476. The third-order valence-corrected chi connectivity index (χ3v) is 6.41. The Bertz CT molecular complexity index is 814. The molecule has 4 unspecified atom stereocenters. The number of rotatable bonds is 3. The van der Waals surface area contributed by atoms with Gasteiger partial charge in [-0.05, 0) is 36.0 Å². The standard InChI is InChI=1S/C21H23N3O4/c25-19-17-14-3-4-15(11-14)18(17)20(26)24(19)16-5-1-13(2-6-16)12-22-21(27)23-7-9-28-10-8-23/h1-6,14-15,17-18H,7-12H2,(H,22,27). The van der Waals surface area contributed by atoms with Gasteiger partial charge in [-0.3, -0.25) is 14.5 Å². The van der Waals surface area contributed by atoms with Crippen LogP contribution in [0, 0.1) is 23.7 Å². The Morgan fingerprint density at radius 3 is 2.21 bits per heavy atom. The summed E-state index contributed by atoms with van der Waals surface area (Å²) in [7, 11) is 0. The van der Waals surface area contributed by atoms with Crippen molar-refractivity contribution in [2.45, 2.75) is 13.0 Å². The molecule has 2 heterocycles. The third-order valence-electron chi connectivity index (χ3n) is 6.41. The Kier molecular flexibility index (Phi) is 4.19. The second kappa shape index (κ2) is 6.74. The first-order valence-corrected chi connectivity index (χ1v) is 9.89. The number of benzene rings is 1. The minimum atomic E-state index is -0.185. The number of carbonyl (C=O) groups excluding carboxylic acids is 3. The monoisotopic (exact) mass is 381 g/mol. The molecule has 0 aromatic heterocycles. The summed E-state index contributed by atoms with van der Waals surface area (Å²) < 4.78 is 5.25. The second-order valence-electron chi connectivity index (χ2n) is 7.94. The summed E-state index contributed by atoms with van der Waals surface area (Å²) in [6, 6.07) is 7.20. The molecule has 4 aliphatic rings. The van der Waals surface area contributed by atoms with Crippen LogP contribution in [0.4, 0.5) is 10.5 Å². The maximum Gasteiger partial charge on any atom is 0.317 e. The number of urea groups is 1. The number of hydrogen-bond acceptors (Lipinski definition) is 4. The first-order valence-electron chi connectivity index (χ1n) is 9.89. The Balaban J connectivity index is 1.24. The zero-order valence-corrected chi connectivity index (χ0v) is 15.5. The molecule has 2 aliphatic carbocycles. The number of carbonyl (C=O) groups is 3. The number of ether oxygens (including phenoxy) is 1. The fourth-order valence-corrected chi connectivity index (χ4v) is 4.98. The number of allylic oxidation sites excluding steroid dienone is 2. The molecule has 2 aliphatic heterocycles. The molecule has 1 aromatic carbocycles. The molecule has 1 aromatic rings. The van der Waals surface area contributed by atoms with E-state index in [9.17, 15) is 14.4 Å². The first-order chi connectivity index (χ1) is 13.6. The average molecular weight is 381 g/mol. The van der Waals surface area contributed by atoms with Crippen molar-refractivity contribution in [3.05, 3.63) is 42.0 Å². The summed E-state index contributed by atoms with van der Waals surface area (Å²) >= 11 is 0. The lowest BCUT2D eigenvalue weighted by Gasteiger charge is -2.27. The van der Waals surface area contributed by atoms with Gasteiger partial charge in [-0.1, -0.05) is 24.3 Å². The smallest absolute Gasteiger partial charge is 0.317 e. The van der Waals surface area contributed by atoms with E-state index in [4.69, 9.17) is 4.74 Å². The molecule has 7 heteroatoms. The van der Waals surface area contributed by atoms with Gasteiger partial charge in [0, 0.05) is 19.6 Å². The van der Waals surface area contributed by atoms with Gasteiger partial charge in [-0.15, -0.1) is 0 Å². The van der Waals surface area contributed by atoms with E-state index < -0.39 is 0 Å². The van der Waals surface area contributed by atoms with Gasteiger partial charge in [0.2, 0.25) is 11.8 Å². The van der Waals surface area contributed by atoms with E-state index in [1.54, 1.807) is 17.0 Å². The number of amides is 4. The van der Waals surface area contributed by atoms with E-state index in [1.807, 2.05) is 12.1 Å². The van der Waals surface area contributed by atoms with Crippen molar-refractivity contribution in [3.63, 3.8) is 0 Å². The van der Waals surface area contributed by atoms with Gasteiger partial charge < -0.3 is 15.0 Å². The van der Waals surface area contributed by atoms with Crippen LogP contribution in [0.25, 0.3) is 0 Å². The van der Waals surface area contributed by atoms with E-state index in [0.29, 0.717) is 38.5 Å². The van der Waals surface area contributed by atoms with E-state index in [2.05, 4.69) is 17.5 Å². The Hall–Kier alpha value is -2.67. The van der Waals surface area contributed by atoms with Crippen molar-refractivity contribution >= 4 is 23.5 Å². The highest BCUT2D eigenvalue weighted by Crippen LogP contribution is 2.53. The Labute approximate surface area is 163 Å². The van der Waals surface area contributed by atoms with Crippen LogP contribution in [0.2, 0.25) is 0 Å². The zero-order chi connectivity index (χ0) is 19.3. The molecule has 1 N–H and O–H groups in total. The van der Waals surface area contributed by atoms with Gasteiger partial charge in [0.1, 0.15) is 0 Å². The highest BCUT2D eigenvalue weighted by Gasteiger charge is 2.59. The molecule has 2 bridgehead atoms. The van der Waals surface area contributed by atoms with Crippen molar-refractivity contribution in [1.82, 2.24) is 10.2 Å². The third kappa shape index (κ3) is 2.73. The minimum absolute atomic E-state index is 0.0692. The Morgan fingerprint density at radius 1 is 1.00 bits per heavy atom. The predicted octanol–water partition coefficient (Wildman–Crippen LogP) is 1.54. The van der Waals surface area contributed by atoms with Gasteiger partial charge >= 0.3 is 6.03 Å². The quantitative estimate of drug-likeness (QED) is 0.636. The molecular weight excluding hydrogens is 358 g/mol. The van der Waals surface area contributed by atoms with Crippen LogP contribution >= 0.6 is 0 Å². The maximum absolute atomic E-state index is 12.9. The van der Waals surface area contributed by atoms with Crippen LogP contribution in [0.3, 0.4) is 0 Å². The van der Waals surface area contributed by atoms with Gasteiger partial charge in [0.15, 0.2) is 0 Å².